The molecule has 5 nitrogen and oxygen atoms in total. The number of nitrogens with one attached hydrogen (secondary N) is 1. The van der Waals surface area contributed by atoms with Gasteiger partial charge in [-0.3, -0.25) is 4.79 Å². The van der Waals surface area contributed by atoms with Crippen molar-refractivity contribution in [3.8, 4) is 0 Å². The Morgan fingerprint density at radius 3 is 2.62 bits per heavy atom. The Kier molecular flexibility index (Phi) is 5.29. The minimum absolute atomic E-state index is 0.0929. The Hall–Kier alpha value is -2.40. The molecule has 1 amide bonds. The lowest BCUT2D eigenvalue weighted by atomic mass is 10.2. The molecule has 0 radical (unpaired) electrons. The van der Waals surface area contributed by atoms with Gasteiger partial charge in [0, 0.05) is 26.6 Å². The number of hydrogen-bond donors (Lipinski definition) is 2. The Labute approximate surface area is 124 Å². The Bertz CT molecular complexity index is 569. The molecule has 1 aromatic carbocycles. The van der Waals surface area contributed by atoms with E-state index in [0.717, 1.165) is 12.4 Å². The van der Waals surface area contributed by atoms with Gasteiger partial charge in [0.25, 0.3) is 0 Å². The molecule has 1 aromatic heterocycles. The number of hydrogen-bond acceptors (Lipinski definition) is 4. The maximum Gasteiger partial charge on any atom is 0.225 e. The number of nitrogens with two attached hydrogens (primary N) is 1. The van der Waals surface area contributed by atoms with Crippen LogP contribution in [0.3, 0.4) is 0 Å². The van der Waals surface area contributed by atoms with Crippen molar-refractivity contribution in [3.05, 3.63) is 54.2 Å². The fourth-order valence-corrected chi connectivity index (χ4v) is 1.98. The summed E-state index contributed by atoms with van der Waals surface area (Å²) >= 11 is 0. The molecule has 0 aliphatic rings. The van der Waals surface area contributed by atoms with E-state index in [9.17, 15) is 4.79 Å². The van der Waals surface area contributed by atoms with Gasteiger partial charge in [0.1, 0.15) is 5.82 Å². The molecule has 3 N–H and O–H groups in total. The number of amides is 1. The molecule has 5 heteroatoms. The van der Waals surface area contributed by atoms with Gasteiger partial charge in [-0.05, 0) is 17.7 Å². The Balaban J connectivity index is 1.96. The number of anilines is 2. The molecule has 2 aromatic rings. The van der Waals surface area contributed by atoms with E-state index < -0.39 is 0 Å². The van der Waals surface area contributed by atoms with Crippen LogP contribution < -0.4 is 16.0 Å². The van der Waals surface area contributed by atoms with Gasteiger partial charge in [-0.25, -0.2) is 4.98 Å². The van der Waals surface area contributed by atoms with E-state index >= 15 is 0 Å². The third kappa shape index (κ3) is 4.57. The molecule has 2 rings (SSSR count). The molecule has 0 saturated heterocycles. The second kappa shape index (κ2) is 7.40. The van der Waals surface area contributed by atoms with Gasteiger partial charge in [-0.1, -0.05) is 30.3 Å². The van der Waals surface area contributed by atoms with Gasteiger partial charge in [0.2, 0.25) is 5.91 Å². The molecule has 0 saturated carbocycles. The van der Waals surface area contributed by atoms with Crippen LogP contribution in [-0.2, 0) is 11.3 Å². The zero-order valence-electron chi connectivity index (χ0n) is 12.1. The molecular weight excluding hydrogens is 264 g/mol. The van der Waals surface area contributed by atoms with E-state index in [1.165, 1.54) is 5.56 Å². The zero-order chi connectivity index (χ0) is 15.1. The highest BCUT2D eigenvalue weighted by Crippen LogP contribution is 2.15. The average Bonchev–Trinajstić information content (AvgIpc) is 2.49. The summed E-state index contributed by atoms with van der Waals surface area (Å²) in [6, 6.07) is 13.9. The highest BCUT2D eigenvalue weighted by atomic mass is 16.1. The van der Waals surface area contributed by atoms with Crippen molar-refractivity contribution in [2.75, 3.05) is 23.8 Å². The molecule has 0 spiro atoms. The molecule has 0 unspecified atom stereocenters. The number of pyridine rings is 1. The lowest BCUT2D eigenvalue weighted by Crippen LogP contribution is -2.18. The topological polar surface area (TPSA) is 71.2 Å². The summed E-state index contributed by atoms with van der Waals surface area (Å²) in [7, 11) is 1.99. The third-order valence-corrected chi connectivity index (χ3v) is 3.06. The van der Waals surface area contributed by atoms with Crippen molar-refractivity contribution in [2.45, 2.75) is 13.0 Å². The summed E-state index contributed by atoms with van der Waals surface area (Å²) in [4.78, 5) is 17.9. The van der Waals surface area contributed by atoms with Crippen LogP contribution in [0.2, 0.25) is 0 Å². The van der Waals surface area contributed by atoms with Crippen LogP contribution in [0.4, 0.5) is 11.5 Å². The Morgan fingerprint density at radius 2 is 2.00 bits per heavy atom. The van der Waals surface area contributed by atoms with Crippen molar-refractivity contribution < 1.29 is 4.79 Å². The van der Waals surface area contributed by atoms with E-state index in [1.807, 2.05) is 37.4 Å². The summed E-state index contributed by atoms with van der Waals surface area (Å²) < 4.78 is 0. The quantitative estimate of drug-likeness (QED) is 0.851. The van der Waals surface area contributed by atoms with Crippen molar-refractivity contribution in [3.63, 3.8) is 0 Å². The smallest absolute Gasteiger partial charge is 0.225 e. The minimum Gasteiger partial charge on any atom is -0.355 e. The summed E-state index contributed by atoms with van der Waals surface area (Å²) in [6.45, 7) is 1.13. The lowest BCUT2D eigenvalue weighted by Gasteiger charge is -2.18. The normalized spacial score (nSPS) is 10.2. The van der Waals surface area contributed by atoms with Crippen molar-refractivity contribution in [1.29, 1.82) is 0 Å². The number of rotatable bonds is 6. The van der Waals surface area contributed by atoms with Gasteiger partial charge < -0.3 is 16.0 Å². The van der Waals surface area contributed by atoms with Crippen LogP contribution in [0.15, 0.2) is 48.7 Å². The predicted octanol–water partition coefficient (Wildman–Crippen LogP) is 2.01. The zero-order valence-corrected chi connectivity index (χ0v) is 12.1. The van der Waals surface area contributed by atoms with Crippen molar-refractivity contribution in [2.24, 2.45) is 5.73 Å². The standard InChI is InChI=1S/C16H20N4O/c1-20(12-13-5-3-2-4-6-13)15-8-7-14(11-18-15)19-16(21)9-10-17/h2-8,11H,9-10,12,17H2,1H3,(H,19,21). The first-order valence-electron chi connectivity index (χ1n) is 6.90. The van der Waals surface area contributed by atoms with Crippen LogP contribution in [0, 0.1) is 0 Å². The largest absolute Gasteiger partial charge is 0.355 e. The van der Waals surface area contributed by atoms with Crippen molar-refractivity contribution >= 4 is 17.4 Å². The molecule has 0 atom stereocenters. The van der Waals surface area contributed by atoms with E-state index in [-0.39, 0.29) is 5.91 Å². The number of benzene rings is 1. The van der Waals surface area contributed by atoms with Gasteiger partial charge in [0.05, 0.1) is 11.9 Å². The van der Waals surface area contributed by atoms with Gasteiger partial charge >= 0.3 is 0 Å². The van der Waals surface area contributed by atoms with E-state index in [2.05, 4.69) is 27.3 Å². The second-order valence-corrected chi connectivity index (χ2v) is 4.83. The summed E-state index contributed by atoms with van der Waals surface area (Å²) in [5.74, 6) is 0.764. The summed E-state index contributed by atoms with van der Waals surface area (Å²) in [5, 5.41) is 2.76. The molecule has 1 heterocycles. The van der Waals surface area contributed by atoms with Crippen LogP contribution in [0.1, 0.15) is 12.0 Å². The van der Waals surface area contributed by atoms with Gasteiger partial charge in [0.15, 0.2) is 0 Å². The number of nitrogens with zero attached hydrogens (tertiary/aromatic N) is 2. The maximum atomic E-state index is 11.4. The third-order valence-electron chi connectivity index (χ3n) is 3.06. The van der Waals surface area contributed by atoms with Crippen LogP contribution in [-0.4, -0.2) is 24.5 Å². The first-order chi connectivity index (χ1) is 10.2. The monoisotopic (exact) mass is 284 g/mol. The molecule has 0 bridgehead atoms. The van der Waals surface area contributed by atoms with Crippen LogP contribution in [0.25, 0.3) is 0 Å². The average molecular weight is 284 g/mol. The number of carbonyl (C=O) groups excluding carboxylic acids is 1. The van der Waals surface area contributed by atoms with Crippen LogP contribution >= 0.6 is 0 Å². The molecule has 0 aliphatic heterocycles. The lowest BCUT2D eigenvalue weighted by molar-refractivity contribution is -0.116. The minimum atomic E-state index is -0.0929. The second-order valence-electron chi connectivity index (χ2n) is 4.83. The van der Waals surface area contributed by atoms with Crippen LogP contribution in [0.5, 0.6) is 0 Å². The van der Waals surface area contributed by atoms with Gasteiger partial charge in [-0.15, -0.1) is 0 Å². The van der Waals surface area contributed by atoms with Crippen molar-refractivity contribution in [1.82, 2.24) is 4.98 Å². The molecule has 110 valence electrons. The van der Waals surface area contributed by atoms with E-state index in [4.69, 9.17) is 5.73 Å². The fourth-order valence-electron chi connectivity index (χ4n) is 1.98. The maximum absolute atomic E-state index is 11.4. The SMILES string of the molecule is CN(Cc1ccccc1)c1ccc(NC(=O)CCN)cn1. The molecule has 0 aliphatic carbocycles. The highest BCUT2D eigenvalue weighted by Gasteiger charge is 2.05. The predicted molar refractivity (Wildman–Crippen MR) is 85.1 cm³/mol. The highest BCUT2D eigenvalue weighted by molar-refractivity contribution is 5.90. The molecular formula is C16H20N4O. The number of aromatic nitrogens is 1. The van der Waals surface area contributed by atoms with Gasteiger partial charge in [-0.2, -0.15) is 0 Å². The van der Waals surface area contributed by atoms with E-state index in [1.54, 1.807) is 6.20 Å². The van der Waals surface area contributed by atoms with E-state index in [0.29, 0.717) is 18.7 Å². The summed E-state index contributed by atoms with van der Waals surface area (Å²) in [5.41, 5.74) is 7.25. The first kappa shape index (κ1) is 15.0. The molecule has 0 fully saturated rings. The first-order valence-corrected chi connectivity index (χ1v) is 6.90. The molecule has 21 heavy (non-hydrogen) atoms. The Morgan fingerprint density at radius 1 is 1.24 bits per heavy atom. The number of carbonyl (C=O) groups is 1. The fraction of sp³-hybridized carbons (Fsp3) is 0.250. The summed E-state index contributed by atoms with van der Waals surface area (Å²) in [6.07, 6.45) is 1.97.